The minimum absolute atomic E-state index is 0.792. The molecule has 11 heteroatoms. The van der Waals surface area contributed by atoms with Crippen LogP contribution in [0.25, 0.3) is 0 Å². The summed E-state index contributed by atoms with van der Waals surface area (Å²) in [4.78, 5) is 38.3. The number of rotatable bonds is 0. The fraction of sp³-hybridized carbons (Fsp3) is 0.850. The quantitative estimate of drug-likeness (QED) is 0.234. The molecule has 2 unspecified atom stereocenters. The minimum Gasteiger partial charge on any atom is -0.456 e. The molecule has 6 rings (SSSR count). The number of esters is 3. The smallest absolute Gasteiger partial charge is 0.343 e. The Kier molecular flexibility index (Phi) is 3.15. The third-order valence-corrected chi connectivity index (χ3v) is 8.95. The van der Waals surface area contributed by atoms with Crippen molar-refractivity contribution in [2.75, 3.05) is 0 Å². The molecule has 6 aliphatic rings. The van der Waals surface area contributed by atoms with Crippen LogP contribution in [-0.4, -0.2) is 86.3 Å². The molecule has 4 aliphatic heterocycles. The molecule has 0 aromatic rings. The molecule has 11 nitrogen and oxygen atoms in total. The van der Waals surface area contributed by atoms with Crippen LogP contribution in [0.1, 0.15) is 27.7 Å². The third kappa shape index (κ3) is 1.43. The molecule has 4 N–H and O–H groups in total. The predicted octanol–water partition coefficient (Wildman–Crippen LogP) is -2.40. The van der Waals surface area contributed by atoms with E-state index in [0.717, 1.165) is 0 Å². The van der Waals surface area contributed by atoms with Crippen molar-refractivity contribution >= 4 is 17.9 Å². The van der Waals surface area contributed by atoms with E-state index in [0.29, 0.717) is 0 Å². The van der Waals surface area contributed by atoms with E-state index < -0.39 is 94.0 Å². The number of ether oxygens (including phenoxy) is 4. The number of aliphatic hydroxyl groups is 4. The normalized spacial score (nSPS) is 61.0. The summed E-state index contributed by atoms with van der Waals surface area (Å²) in [6.45, 7) is 6.63. The number of carbonyl (C=O) groups is 3. The zero-order valence-electron chi connectivity index (χ0n) is 17.3. The molecule has 2 saturated carbocycles. The third-order valence-electron chi connectivity index (χ3n) is 8.95. The Bertz CT molecular complexity index is 957. The summed E-state index contributed by atoms with van der Waals surface area (Å²) in [5, 5.41) is 46.1. The topological polar surface area (TPSA) is 169 Å². The number of fused-ring (bicyclic) bond motifs is 1. The average Bonchev–Trinajstić information content (AvgIpc) is 3.35. The highest BCUT2D eigenvalue weighted by Gasteiger charge is 3.05. The summed E-state index contributed by atoms with van der Waals surface area (Å²) in [5.41, 5.74) is -9.40. The molecule has 0 amide bonds. The second kappa shape index (κ2) is 4.91. The summed E-state index contributed by atoms with van der Waals surface area (Å²) in [6, 6.07) is 0. The van der Waals surface area contributed by atoms with Crippen molar-refractivity contribution in [1.82, 2.24) is 0 Å². The molecule has 4 saturated heterocycles. The van der Waals surface area contributed by atoms with Gasteiger partial charge in [0.2, 0.25) is 11.9 Å². The molecule has 6 fully saturated rings. The Balaban J connectivity index is 1.75. The van der Waals surface area contributed by atoms with Crippen LogP contribution in [0.5, 0.6) is 0 Å². The lowest BCUT2D eigenvalue weighted by molar-refractivity contribution is -0.240. The SMILES string of the molecule is CC1C(=O)O[C@@H]2[C@H](O)[C@@]34[C@H]5OC(=O)[C@]3(OC3OC(=O)[C@@H](O)[C@@]34[C@H](C(C)(C)C)[C@H]5O)[C@]12O. The standard InChI is InChI=1S/C20H24O11/c1-5-12(24)28-11-8(22)18-10-6(21)7(16(2,3)4)17(18)9(23)13(25)30-15(17)31-20(18,14(26)29-10)19(5,11)27/h5-11,15,21-23,27H,1-4H3/t5?,6-,7+,8+,9-,10+,11-,15?,17+,18+,19+,20-/m1/s1. The van der Waals surface area contributed by atoms with Crippen LogP contribution in [0.15, 0.2) is 0 Å². The van der Waals surface area contributed by atoms with E-state index in [9.17, 15) is 34.8 Å². The lowest BCUT2D eigenvalue weighted by Gasteiger charge is -2.47. The van der Waals surface area contributed by atoms with Crippen LogP contribution in [0.3, 0.4) is 0 Å². The monoisotopic (exact) mass is 440 g/mol. The van der Waals surface area contributed by atoms with Gasteiger partial charge < -0.3 is 39.4 Å². The highest BCUT2D eigenvalue weighted by molar-refractivity contribution is 5.94. The first kappa shape index (κ1) is 19.9. The molecule has 2 spiro atoms. The first-order chi connectivity index (χ1) is 14.3. The molecule has 31 heavy (non-hydrogen) atoms. The Morgan fingerprint density at radius 3 is 2.19 bits per heavy atom. The zero-order valence-corrected chi connectivity index (χ0v) is 17.3. The van der Waals surface area contributed by atoms with E-state index >= 15 is 0 Å². The summed E-state index contributed by atoms with van der Waals surface area (Å²) in [7, 11) is 0. The summed E-state index contributed by atoms with van der Waals surface area (Å²) in [6.07, 6.45) is -9.69. The molecule has 4 heterocycles. The second-order valence-electron chi connectivity index (χ2n) is 10.8. The van der Waals surface area contributed by atoms with E-state index in [2.05, 4.69) is 0 Å². The van der Waals surface area contributed by atoms with Gasteiger partial charge in [0.25, 0.3) is 0 Å². The molecule has 0 aromatic heterocycles. The van der Waals surface area contributed by atoms with Gasteiger partial charge in [0.1, 0.15) is 12.2 Å². The minimum atomic E-state index is -2.40. The number of hydrogen-bond acceptors (Lipinski definition) is 11. The van der Waals surface area contributed by atoms with Gasteiger partial charge in [-0.3, -0.25) is 4.79 Å². The summed E-state index contributed by atoms with van der Waals surface area (Å²) >= 11 is 0. The lowest BCUT2D eigenvalue weighted by atomic mass is 9.51. The molecule has 0 bridgehead atoms. The van der Waals surface area contributed by atoms with Crippen molar-refractivity contribution in [3.63, 3.8) is 0 Å². The number of hydrogen-bond donors (Lipinski definition) is 4. The van der Waals surface area contributed by atoms with E-state index in [1.807, 2.05) is 0 Å². The van der Waals surface area contributed by atoms with Gasteiger partial charge in [-0.25, -0.2) is 9.59 Å². The average molecular weight is 440 g/mol. The van der Waals surface area contributed by atoms with Gasteiger partial charge >= 0.3 is 17.9 Å². The first-order valence-corrected chi connectivity index (χ1v) is 10.3. The van der Waals surface area contributed by atoms with Crippen LogP contribution in [0.2, 0.25) is 0 Å². The van der Waals surface area contributed by atoms with E-state index in [1.165, 1.54) is 6.92 Å². The van der Waals surface area contributed by atoms with Crippen molar-refractivity contribution in [3.8, 4) is 0 Å². The molecular weight excluding hydrogens is 416 g/mol. The van der Waals surface area contributed by atoms with Crippen LogP contribution in [-0.2, 0) is 33.3 Å². The maximum absolute atomic E-state index is 13.4. The second-order valence-corrected chi connectivity index (χ2v) is 10.8. The first-order valence-electron chi connectivity index (χ1n) is 10.3. The van der Waals surface area contributed by atoms with Crippen molar-refractivity contribution < 1.29 is 53.8 Å². The Hall–Kier alpha value is -1.79. The van der Waals surface area contributed by atoms with Crippen LogP contribution < -0.4 is 0 Å². The van der Waals surface area contributed by atoms with Gasteiger partial charge in [0, 0.05) is 5.92 Å². The number of carbonyl (C=O) groups excluding carboxylic acids is 3. The highest BCUT2D eigenvalue weighted by Crippen LogP contribution is 2.84. The van der Waals surface area contributed by atoms with Crippen molar-refractivity contribution in [2.45, 2.75) is 75.7 Å². The molecule has 12 atom stereocenters. The summed E-state index contributed by atoms with van der Waals surface area (Å²) in [5.74, 6) is -5.22. The van der Waals surface area contributed by atoms with E-state index in [-0.39, 0.29) is 0 Å². The molecule has 170 valence electrons. The van der Waals surface area contributed by atoms with Crippen molar-refractivity contribution in [3.05, 3.63) is 0 Å². The van der Waals surface area contributed by atoms with Crippen LogP contribution in [0, 0.1) is 28.1 Å². The van der Waals surface area contributed by atoms with Crippen LogP contribution >= 0.6 is 0 Å². The maximum atomic E-state index is 13.4. The van der Waals surface area contributed by atoms with Crippen molar-refractivity contribution in [2.24, 2.45) is 28.1 Å². The van der Waals surface area contributed by atoms with Gasteiger partial charge in [0.05, 0.1) is 22.9 Å². The van der Waals surface area contributed by atoms with Gasteiger partial charge in [-0.15, -0.1) is 0 Å². The lowest BCUT2D eigenvalue weighted by Crippen LogP contribution is -2.67. The number of aliphatic hydroxyl groups excluding tert-OH is 3. The van der Waals surface area contributed by atoms with Crippen LogP contribution in [0.4, 0.5) is 0 Å². The predicted molar refractivity (Wildman–Crippen MR) is 93.4 cm³/mol. The Morgan fingerprint density at radius 1 is 0.935 bits per heavy atom. The molecule has 2 aliphatic carbocycles. The van der Waals surface area contributed by atoms with E-state index in [4.69, 9.17) is 18.9 Å². The van der Waals surface area contributed by atoms with Gasteiger partial charge in [-0.2, -0.15) is 0 Å². The fourth-order valence-electron chi connectivity index (χ4n) is 8.27. The van der Waals surface area contributed by atoms with Gasteiger partial charge in [-0.05, 0) is 12.3 Å². The molecule has 0 radical (unpaired) electrons. The Labute approximate surface area is 176 Å². The largest absolute Gasteiger partial charge is 0.456 e. The molecular formula is C20H24O11. The molecule has 0 aromatic carbocycles. The highest BCUT2D eigenvalue weighted by atomic mass is 16.8. The van der Waals surface area contributed by atoms with Crippen molar-refractivity contribution in [1.29, 1.82) is 0 Å². The van der Waals surface area contributed by atoms with Gasteiger partial charge in [0.15, 0.2) is 17.8 Å². The maximum Gasteiger partial charge on any atom is 0.343 e. The Morgan fingerprint density at radius 2 is 1.58 bits per heavy atom. The zero-order chi connectivity index (χ0) is 22.7. The van der Waals surface area contributed by atoms with Gasteiger partial charge in [-0.1, -0.05) is 20.8 Å². The van der Waals surface area contributed by atoms with E-state index in [1.54, 1.807) is 20.8 Å². The summed E-state index contributed by atoms with van der Waals surface area (Å²) < 4.78 is 22.2. The fourth-order valence-corrected chi connectivity index (χ4v) is 8.27.